The molecule has 0 saturated heterocycles. The molecule has 1 atom stereocenters. The van der Waals surface area contributed by atoms with E-state index >= 15 is 0 Å². The first-order chi connectivity index (χ1) is 8.63. The second-order valence-corrected chi connectivity index (χ2v) is 6.45. The molecule has 98 valence electrons. The van der Waals surface area contributed by atoms with Crippen LogP contribution in [-0.2, 0) is 11.2 Å². The van der Waals surface area contributed by atoms with Crippen LogP contribution in [0.5, 0.6) is 0 Å². The Labute approximate surface area is 110 Å². The predicted octanol–water partition coefficient (Wildman–Crippen LogP) is 3.00. The van der Waals surface area contributed by atoms with Gasteiger partial charge in [0.2, 0.25) is 0 Å². The molecule has 1 fully saturated rings. The fraction of sp³-hybridized carbons (Fsp3) is 0.692. The van der Waals surface area contributed by atoms with Crippen LogP contribution in [0.3, 0.4) is 0 Å². The number of aromatic nitrogens is 1. The summed E-state index contributed by atoms with van der Waals surface area (Å²) >= 11 is 1.65. The first-order valence-corrected chi connectivity index (χ1v) is 7.46. The van der Waals surface area contributed by atoms with Crippen LogP contribution in [0.2, 0.25) is 0 Å². The highest BCUT2D eigenvalue weighted by Gasteiger charge is 2.37. The van der Waals surface area contributed by atoms with Crippen LogP contribution in [0.4, 0.5) is 5.13 Å². The minimum atomic E-state index is -0.737. The molecule has 0 amide bonds. The van der Waals surface area contributed by atoms with Gasteiger partial charge in [-0.2, -0.15) is 0 Å². The van der Waals surface area contributed by atoms with Crippen molar-refractivity contribution < 1.29 is 9.90 Å². The first kappa shape index (κ1) is 12.0. The smallest absolute Gasteiger partial charge is 0.312 e. The number of hydrogen-bond donors (Lipinski definition) is 2. The number of aliphatic carboxylic acids is 1. The zero-order chi connectivity index (χ0) is 12.8. The Kier molecular flexibility index (Phi) is 2.81. The fourth-order valence-electron chi connectivity index (χ4n) is 2.92. The zero-order valence-electron chi connectivity index (χ0n) is 10.5. The zero-order valence-corrected chi connectivity index (χ0v) is 11.3. The van der Waals surface area contributed by atoms with Gasteiger partial charge in [0.25, 0.3) is 0 Å². The van der Waals surface area contributed by atoms with Crippen LogP contribution in [-0.4, -0.2) is 21.6 Å². The summed E-state index contributed by atoms with van der Waals surface area (Å²) in [6.07, 6.45) is 6.38. The van der Waals surface area contributed by atoms with Crippen LogP contribution >= 0.6 is 11.3 Å². The van der Waals surface area contributed by atoms with Gasteiger partial charge in [-0.25, -0.2) is 4.98 Å². The number of rotatable bonds is 4. The van der Waals surface area contributed by atoms with E-state index in [1.165, 1.54) is 19.3 Å². The fourth-order valence-corrected chi connectivity index (χ4v) is 4.08. The molecule has 2 aliphatic carbocycles. The molecule has 3 rings (SSSR count). The van der Waals surface area contributed by atoms with Gasteiger partial charge < -0.3 is 10.4 Å². The number of carbonyl (C=O) groups is 1. The standard InChI is InChI=1S/C13H18N2O2S/c1-2-13(6-3-7-13)15-12-14-10-8(11(16)17)4-5-9(10)18-12/h8H,2-7H2,1H3,(H,14,15)(H,16,17). The summed E-state index contributed by atoms with van der Waals surface area (Å²) in [6, 6.07) is 0. The van der Waals surface area contributed by atoms with Crippen LogP contribution in [0.25, 0.3) is 0 Å². The number of thiazole rings is 1. The lowest BCUT2D eigenvalue weighted by Gasteiger charge is -2.42. The highest BCUT2D eigenvalue weighted by molar-refractivity contribution is 7.15. The van der Waals surface area contributed by atoms with E-state index in [-0.39, 0.29) is 11.5 Å². The average Bonchev–Trinajstić information content (AvgIpc) is 2.81. The van der Waals surface area contributed by atoms with Crippen molar-refractivity contribution in [1.82, 2.24) is 4.98 Å². The Hall–Kier alpha value is -1.10. The molecule has 18 heavy (non-hydrogen) atoms. The molecule has 0 aromatic carbocycles. The van der Waals surface area contributed by atoms with E-state index in [1.54, 1.807) is 11.3 Å². The van der Waals surface area contributed by atoms with E-state index in [4.69, 9.17) is 5.11 Å². The van der Waals surface area contributed by atoms with E-state index in [0.29, 0.717) is 6.42 Å². The normalized spacial score (nSPS) is 24.4. The topological polar surface area (TPSA) is 62.2 Å². The maximum atomic E-state index is 11.1. The number of carboxylic acids is 1. The van der Waals surface area contributed by atoms with Gasteiger partial charge in [0.15, 0.2) is 5.13 Å². The van der Waals surface area contributed by atoms with E-state index in [0.717, 1.165) is 28.5 Å². The molecule has 4 nitrogen and oxygen atoms in total. The van der Waals surface area contributed by atoms with Crippen molar-refractivity contribution in [3.63, 3.8) is 0 Å². The van der Waals surface area contributed by atoms with Crippen molar-refractivity contribution in [2.75, 3.05) is 5.32 Å². The highest BCUT2D eigenvalue weighted by atomic mass is 32.1. The number of nitrogens with one attached hydrogen (secondary N) is 1. The summed E-state index contributed by atoms with van der Waals surface area (Å²) in [7, 11) is 0. The first-order valence-electron chi connectivity index (χ1n) is 6.64. The molecule has 1 saturated carbocycles. The molecule has 1 unspecified atom stereocenters. The largest absolute Gasteiger partial charge is 0.481 e. The van der Waals surface area contributed by atoms with Gasteiger partial charge in [-0.15, -0.1) is 11.3 Å². The van der Waals surface area contributed by atoms with Crippen LogP contribution < -0.4 is 5.32 Å². The quantitative estimate of drug-likeness (QED) is 0.879. The maximum absolute atomic E-state index is 11.1. The minimum absolute atomic E-state index is 0.226. The molecule has 2 N–H and O–H groups in total. The molecule has 0 radical (unpaired) electrons. The van der Waals surface area contributed by atoms with Gasteiger partial charge in [-0.05, 0) is 38.5 Å². The van der Waals surface area contributed by atoms with Gasteiger partial charge in [0.1, 0.15) is 5.92 Å². The number of nitrogens with zero attached hydrogens (tertiary/aromatic N) is 1. The van der Waals surface area contributed by atoms with Crippen LogP contribution in [0.15, 0.2) is 0 Å². The molecular weight excluding hydrogens is 248 g/mol. The lowest BCUT2D eigenvalue weighted by atomic mass is 9.75. The molecule has 0 aliphatic heterocycles. The third-order valence-electron chi connectivity index (χ3n) is 4.38. The van der Waals surface area contributed by atoms with Gasteiger partial charge >= 0.3 is 5.97 Å². The Morgan fingerprint density at radius 3 is 2.94 bits per heavy atom. The predicted molar refractivity (Wildman–Crippen MR) is 71.3 cm³/mol. The maximum Gasteiger partial charge on any atom is 0.312 e. The SMILES string of the molecule is CCC1(Nc2nc3c(s2)CCC3C(=O)O)CCC1. The lowest BCUT2D eigenvalue weighted by Crippen LogP contribution is -2.44. The Morgan fingerprint density at radius 2 is 2.39 bits per heavy atom. The van der Waals surface area contributed by atoms with Gasteiger partial charge in [0, 0.05) is 10.4 Å². The third kappa shape index (κ3) is 1.81. The minimum Gasteiger partial charge on any atom is -0.481 e. The molecule has 1 aromatic heterocycles. The Balaban J connectivity index is 1.80. The third-order valence-corrected chi connectivity index (χ3v) is 5.42. The van der Waals surface area contributed by atoms with Crippen molar-refractivity contribution in [3.8, 4) is 0 Å². The molecule has 0 bridgehead atoms. The van der Waals surface area contributed by atoms with E-state index < -0.39 is 5.97 Å². The Bertz CT molecular complexity index is 474. The van der Waals surface area contributed by atoms with Crippen molar-refractivity contribution in [2.45, 2.75) is 56.9 Å². The van der Waals surface area contributed by atoms with Crippen LogP contribution in [0, 0.1) is 0 Å². The van der Waals surface area contributed by atoms with Crippen molar-refractivity contribution in [2.24, 2.45) is 0 Å². The summed E-state index contributed by atoms with van der Waals surface area (Å²) < 4.78 is 0. The van der Waals surface area contributed by atoms with Crippen molar-refractivity contribution in [1.29, 1.82) is 0 Å². The number of carboxylic acid groups (broad SMARTS) is 1. The van der Waals surface area contributed by atoms with Crippen molar-refractivity contribution in [3.05, 3.63) is 10.6 Å². The van der Waals surface area contributed by atoms with E-state index in [9.17, 15) is 4.79 Å². The summed E-state index contributed by atoms with van der Waals surface area (Å²) in [5.41, 5.74) is 1.03. The average molecular weight is 266 g/mol. The molecule has 2 aliphatic rings. The molecule has 1 heterocycles. The summed E-state index contributed by atoms with van der Waals surface area (Å²) in [4.78, 5) is 16.8. The monoisotopic (exact) mass is 266 g/mol. The number of fused-ring (bicyclic) bond motifs is 1. The highest BCUT2D eigenvalue weighted by Crippen LogP contribution is 2.42. The second kappa shape index (κ2) is 4.23. The molecular formula is C13H18N2O2S. The van der Waals surface area contributed by atoms with Crippen LogP contribution in [0.1, 0.15) is 55.5 Å². The van der Waals surface area contributed by atoms with Gasteiger partial charge in [-0.1, -0.05) is 6.92 Å². The molecule has 1 aromatic rings. The summed E-state index contributed by atoms with van der Waals surface area (Å²) in [5.74, 6) is -1.12. The number of anilines is 1. The van der Waals surface area contributed by atoms with Gasteiger partial charge in [0.05, 0.1) is 5.69 Å². The molecule has 0 spiro atoms. The molecule has 5 heteroatoms. The number of hydrogen-bond acceptors (Lipinski definition) is 4. The summed E-state index contributed by atoms with van der Waals surface area (Å²) in [5, 5.41) is 13.6. The van der Waals surface area contributed by atoms with E-state index in [2.05, 4.69) is 17.2 Å². The second-order valence-electron chi connectivity index (χ2n) is 5.37. The lowest BCUT2D eigenvalue weighted by molar-refractivity contribution is -0.138. The number of aryl methyl sites for hydroxylation is 1. The van der Waals surface area contributed by atoms with Gasteiger partial charge in [-0.3, -0.25) is 4.79 Å². The van der Waals surface area contributed by atoms with E-state index in [1.807, 2.05) is 0 Å². The van der Waals surface area contributed by atoms with Crippen molar-refractivity contribution >= 4 is 22.4 Å². The Morgan fingerprint density at radius 1 is 1.61 bits per heavy atom. The summed E-state index contributed by atoms with van der Waals surface area (Å²) in [6.45, 7) is 2.20.